The largest absolute Gasteiger partial charge is 0.320 e. The van der Waals surface area contributed by atoms with Crippen LogP contribution < -0.4 is 10.5 Å². The molecule has 0 aromatic heterocycles. The first-order valence-corrected chi connectivity index (χ1v) is 8.62. The molecule has 0 spiro atoms. The predicted octanol–water partition coefficient (Wildman–Crippen LogP) is 1.85. The molecule has 3 N–H and O–H groups in total. The zero-order valence-corrected chi connectivity index (χ0v) is 13.8. The first-order valence-electron chi connectivity index (χ1n) is 6.97. The molecule has 0 fully saturated rings. The highest BCUT2D eigenvalue weighted by Gasteiger charge is 2.16. The van der Waals surface area contributed by atoms with Crippen LogP contribution in [0.3, 0.4) is 0 Å². The summed E-state index contributed by atoms with van der Waals surface area (Å²) < 4.78 is 26.5. The fourth-order valence-corrected chi connectivity index (χ4v) is 3.03. The lowest BCUT2D eigenvalue weighted by atomic mass is 9.94. The van der Waals surface area contributed by atoms with Gasteiger partial charge in [-0.25, -0.2) is 13.1 Å². The molecule has 0 aliphatic heterocycles. The van der Waals surface area contributed by atoms with Gasteiger partial charge in [0.25, 0.3) is 0 Å². The van der Waals surface area contributed by atoms with Crippen LogP contribution >= 0.6 is 0 Å². The molecule has 0 aliphatic carbocycles. The number of rotatable bonds is 5. The first-order chi connectivity index (χ1) is 9.72. The highest BCUT2D eigenvalue weighted by Crippen LogP contribution is 2.19. The van der Waals surface area contributed by atoms with E-state index >= 15 is 0 Å². The van der Waals surface area contributed by atoms with Crippen LogP contribution in [0.5, 0.6) is 0 Å². The molecule has 0 amide bonds. The normalized spacial score (nSPS) is 11.8. The van der Waals surface area contributed by atoms with E-state index in [1.54, 1.807) is 0 Å². The monoisotopic (exact) mass is 308 g/mol. The van der Waals surface area contributed by atoms with E-state index in [0.717, 1.165) is 11.1 Å². The molecular formula is C16H24N2O2S. The average Bonchev–Trinajstić information content (AvgIpc) is 2.41. The van der Waals surface area contributed by atoms with Crippen LogP contribution in [-0.2, 0) is 16.6 Å². The standard InChI is InChI=1S/C16H24N2O2S/c1-16(2,3)9-11-21(19,20)18-13-15-7-4-6-14(12-15)8-5-10-17/h4,6-7,12,18H,9-11,13,17H2,1-3H3. The van der Waals surface area contributed by atoms with Crippen molar-refractivity contribution in [2.75, 3.05) is 12.3 Å². The minimum Gasteiger partial charge on any atom is -0.320 e. The van der Waals surface area contributed by atoms with E-state index in [2.05, 4.69) is 16.6 Å². The van der Waals surface area contributed by atoms with E-state index in [1.807, 2.05) is 45.0 Å². The fourth-order valence-electron chi connectivity index (χ4n) is 1.62. The number of benzene rings is 1. The molecule has 0 heterocycles. The lowest BCUT2D eigenvalue weighted by Crippen LogP contribution is -2.28. The quantitative estimate of drug-likeness (QED) is 0.815. The summed E-state index contributed by atoms with van der Waals surface area (Å²) in [4.78, 5) is 0. The summed E-state index contributed by atoms with van der Waals surface area (Å²) in [5, 5.41) is 0. The summed E-state index contributed by atoms with van der Waals surface area (Å²) >= 11 is 0. The van der Waals surface area contributed by atoms with Crippen molar-refractivity contribution in [3.8, 4) is 11.8 Å². The van der Waals surface area contributed by atoms with E-state index < -0.39 is 10.0 Å². The number of hydrogen-bond donors (Lipinski definition) is 2. The highest BCUT2D eigenvalue weighted by atomic mass is 32.2. The second kappa shape index (κ2) is 7.60. The van der Waals surface area contributed by atoms with Crippen molar-refractivity contribution in [1.29, 1.82) is 0 Å². The molecule has 116 valence electrons. The van der Waals surface area contributed by atoms with Crippen molar-refractivity contribution in [3.05, 3.63) is 35.4 Å². The number of nitrogens with two attached hydrogens (primary N) is 1. The van der Waals surface area contributed by atoms with Gasteiger partial charge in [-0.15, -0.1) is 0 Å². The number of sulfonamides is 1. The lowest BCUT2D eigenvalue weighted by molar-refractivity contribution is 0.396. The maximum absolute atomic E-state index is 12.0. The Morgan fingerprint density at radius 3 is 2.62 bits per heavy atom. The number of nitrogens with one attached hydrogen (secondary N) is 1. The zero-order valence-electron chi connectivity index (χ0n) is 12.9. The van der Waals surface area contributed by atoms with Gasteiger partial charge >= 0.3 is 0 Å². The van der Waals surface area contributed by atoms with Crippen molar-refractivity contribution < 1.29 is 8.42 Å². The van der Waals surface area contributed by atoms with Crippen LogP contribution in [0.1, 0.15) is 38.3 Å². The molecule has 0 aliphatic rings. The Morgan fingerprint density at radius 2 is 2.00 bits per heavy atom. The molecule has 1 rings (SSSR count). The van der Waals surface area contributed by atoms with E-state index in [9.17, 15) is 8.42 Å². The lowest BCUT2D eigenvalue weighted by Gasteiger charge is -2.17. The summed E-state index contributed by atoms with van der Waals surface area (Å²) in [7, 11) is -3.25. The van der Waals surface area contributed by atoms with Crippen LogP contribution in [0.4, 0.5) is 0 Å². The first kappa shape index (κ1) is 17.7. The smallest absolute Gasteiger partial charge is 0.211 e. The van der Waals surface area contributed by atoms with Crippen LogP contribution in [0, 0.1) is 17.3 Å². The fraction of sp³-hybridized carbons (Fsp3) is 0.500. The van der Waals surface area contributed by atoms with E-state index in [4.69, 9.17) is 5.73 Å². The summed E-state index contributed by atoms with van der Waals surface area (Å²) in [6.07, 6.45) is 0.629. The van der Waals surface area contributed by atoms with Gasteiger partial charge in [0.1, 0.15) is 0 Å². The van der Waals surface area contributed by atoms with E-state index in [0.29, 0.717) is 13.0 Å². The van der Waals surface area contributed by atoms with Crippen molar-refractivity contribution in [3.63, 3.8) is 0 Å². The molecule has 0 saturated heterocycles. The van der Waals surface area contributed by atoms with Gasteiger partial charge in [-0.2, -0.15) is 0 Å². The van der Waals surface area contributed by atoms with Crippen LogP contribution in [0.2, 0.25) is 0 Å². The van der Waals surface area contributed by atoms with Crippen LogP contribution in [0.25, 0.3) is 0 Å². The van der Waals surface area contributed by atoms with Gasteiger partial charge < -0.3 is 5.73 Å². The summed E-state index contributed by atoms with van der Waals surface area (Å²) in [6.45, 7) is 6.68. The Morgan fingerprint density at radius 1 is 1.29 bits per heavy atom. The topological polar surface area (TPSA) is 72.2 Å². The Hall–Kier alpha value is -1.35. The molecule has 0 radical (unpaired) electrons. The zero-order chi connectivity index (χ0) is 15.9. The van der Waals surface area contributed by atoms with Gasteiger partial charge in [-0.05, 0) is 29.5 Å². The molecule has 0 saturated carbocycles. The van der Waals surface area contributed by atoms with Gasteiger partial charge in [-0.1, -0.05) is 44.7 Å². The van der Waals surface area contributed by atoms with Gasteiger partial charge in [-0.3, -0.25) is 0 Å². The SMILES string of the molecule is CC(C)(C)CCS(=O)(=O)NCc1cccc(C#CCN)c1. The molecule has 21 heavy (non-hydrogen) atoms. The maximum Gasteiger partial charge on any atom is 0.211 e. The number of hydrogen-bond acceptors (Lipinski definition) is 3. The third-order valence-corrected chi connectivity index (χ3v) is 4.20. The van der Waals surface area contributed by atoms with Crippen molar-refractivity contribution in [1.82, 2.24) is 4.72 Å². The van der Waals surface area contributed by atoms with Crippen LogP contribution in [-0.4, -0.2) is 20.7 Å². The summed E-state index contributed by atoms with van der Waals surface area (Å²) in [5.41, 5.74) is 7.07. The van der Waals surface area contributed by atoms with Gasteiger partial charge in [0.15, 0.2) is 0 Å². The molecule has 0 unspecified atom stereocenters. The van der Waals surface area contributed by atoms with Crippen LogP contribution in [0.15, 0.2) is 24.3 Å². The molecule has 1 aromatic rings. The molecule has 0 bridgehead atoms. The van der Waals surface area contributed by atoms with Crippen molar-refractivity contribution in [2.45, 2.75) is 33.7 Å². The third-order valence-electron chi connectivity index (χ3n) is 2.88. The van der Waals surface area contributed by atoms with E-state index in [1.165, 1.54) is 0 Å². The minimum atomic E-state index is -3.25. The van der Waals surface area contributed by atoms with Crippen molar-refractivity contribution >= 4 is 10.0 Å². The Kier molecular flexibility index (Phi) is 6.41. The molecule has 0 atom stereocenters. The molecule has 4 nitrogen and oxygen atoms in total. The van der Waals surface area contributed by atoms with Gasteiger partial charge in [0.2, 0.25) is 10.0 Å². The van der Waals surface area contributed by atoms with Crippen molar-refractivity contribution in [2.24, 2.45) is 11.1 Å². The predicted molar refractivity (Wildman–Crippen MR) is 87.1 cm³/mol. The molecular weight excluding hydrogens is 284 g/mol. The second-order valence-corrected chi connectivity index (χ2v) is 8.08. The van der Waals surface area contributed by atoms with Gasteiger partial charge in [0.05, 0.1) is 12.3 Å². The molecule has 1 aromatic carbocycles. The Bertz CT molecular complexity index is 620. The Labute approximate surface area is 128 Å². The molecule has 5 heteroatoms. The maximum atomic E-state index is 12.0. The summed E-state index contributed by atoms with van der Waals surface area (Å²) in [5.74, 6) is 5.86. The second-order valence-electron chi connectivity index (χ2n) is 6.16. The minimum absolute atomic E-state index is 0.00643. The average molecular weight is 308 g/mol. The third kappa shape index (κ3) is 7.86. The Balaban J connectivity index is 2.62. The van der Waals surface area contributed by atoms with E-state index in [-0.39, 0.29) is 17.7 Å². The highest BCUT2D eigenvalue weighted by molar-refractivity contribution is 7.89. The summed E-state index contributed by atoms with van der Waals surface area (Å²) in [6, 6.07) is 7.48. The van der Waals surface area contributed by atoms with Gasteiger partial charge in [0, 0.05) is 12.1 Å².